The summed E-state index contributed by atoms with van der Waals surface area (Å²) in [5.41, 5.74) is 2.32. The molecule has 0 saturated carbocycles. The van der Waals surface area contributed by atoms with E-state index < -0.39 is 15.7 Å². The second-order valence-electron chi connectivity index (χ2n) is 4.67. The lowest BCUT2D eigenvalue weighted by atomic mass is 10.00. The van der Waals surface area contributed by atoms with Crippen LogP contribution in [0.25, 0.3) is 11.1 Å². The number of nitrogens with zero attached hydrogens (tertiary/aromatic N) is 1. The number of carboxylic acids is 1. The van der Waals surface area contributed by atoms with E-state index in [4.69, 9.17) is 0 Å². The average Bonchev–Trinajstić information content (AvgIpc) is 2.38. The van der Waals surface area contributed by atoms with Gasteiger partial charge in [0.2, 0.25) is 0 Å². The van der Waals surface area contributed by atoms with Crippen LogP contribution in [0.5, 0.6) is 0 Å². The van der Waals surface area contributed by atoms with E-state index in [9.17, 15) is 14.1 Å². The molecule has 0 unspecified atom stereocenters. The van der Waals surface area contributed by atoms with Crippen molar-refractivity contribution in [3.8, 4) is 11.1 Å². The summed E-state index contributed by atoms with van der Waals surface area (Å²) in [7, 11) is -2.20. The van der Waals surface area contributed by atoms with Gasteiger partial charge in [-0.2, -0.15) is 4.36 Å². The van der Waals surface area contributed by atoms with Gasteiger partial charge in [-0.15, -0.1) is 0 Å². The number of carboxylic acid groups (broad SMARTS) is 1. The van der Waals surface area contributed by atoms with Crippen LogP contribution in [0.1, 0.15) is 10.4 Å². The molecule has 0 aromatic heterocycles. The summed E-state index contributed by atoms with van der Waals surface area (Å²) in [6, 6.07) is 13.9. The maximum atomic E-state index is 11.6. The Hall–Kier alpha value is -2.14. The van der Waals surface area contributed by atoms with Crippen molar-refractivity contribution in [1.29, 1.82) is 0 Å². The van der Waals surface area contributed by atoms with Crippen LogP contribution in [-0.2, 0) is 9.73 Å². The van der Waals surface area contributed by atoms with Crippen molar-refractivity contribution in [3.05, 3.63) is 54.1 Å². The van der Waals surface area contributed by atoms with E-state index in [0.717, 1.165) is 5.56 Å². The van der Waals surface area contributed by atoms with Crippen LogP contribution in [0.4, 0.5) is 5.69 Å². The highest BCUT2D eigenvalue weighted by Gasteiger charge is 2.10. The Morgan fingerprint density at radius 3 is 2.20 bits per heavy atom. The standard InChI is InChI=1S/C15H15NO3S/c1-20(2,19)16-12-9-7-11(8-10-12)13-5-3-4-6-14(13)15(17)18/h3-10H,1-2H3,(H,17,18). The van der Waals surface area contributed by atoms with E-state index in [1.54, 1.807) is 61.0 Å². The van der Waals surface area contributed by atoms with E-state index >= 15 is 0 Å². The molecule has 0 radical (unpaired) electrons. The summed E-state index contributed by atoms with van der Waals surface area (Å²) in [5, 5.41) is 9.18. The van der Waals surface area contributed by atoms with Crippen LogP contribution in [0.15, 0.2) is 52.9 Å². The third-order valence-corrected chi connectivity index (χ3v) is 3.31. The Morgan fingerprint density at radius 1 is 1.05 bits per heavy atom. The van der Waals surface area contributed by atoms with Gasteiger partial charge in [-0.1, -0.05) is 30.3 Å². The van der Waals surface area contributed by atoms with Crippen LogP contribution < -0.4 is 0 Å². The molecule has 0 heterocycles. The summed E-state index contributed by atoms with van der Waals surface area (Å²) < 4.78 is 15.7. The number of carbonyl (C=O) groups is 1. The van der Waals surface area contributed by atoms with Gasteiger partial charge in [0.15, 0.2) is 0 Å². The summed E-state index contributed by atoms with van der Waals surface area (Å²) in [6.45, 7) is 0. The molecule has 0 bridgehead atoms. The van der Waals surface area contributed by atoms with E-state index in [1.165, 1.54) is 0 Å². The third-order valence-electron chi connectivity index (χ3n) is 2.66. The lowest BCUT2D eigenvalue weighted by Gasteiger charge is -2.06. The molecule has 0 saturated heterocycles. The minimum absolute atomic E-state index is 0.256. The topological polar surface area (TPSA) is 66.7 Å². The zero-order chi connectivity index (χ0) is 14.8. The molecule has 2 rings (SSSR count). The quantitative estimate of drug-likeness (QED) is 0.941. The Labute approximate surface area is 118 Å². The van der Waals surface area contributed by atoms with Gasteiger partial charge in [-0.25, -0.2) is 9.00 Å². The number of hydrogen-bond acceptors (Lipinski definition) is 3. The first-order valence-corrected chi connectivity index (χ1v) is 8.30. The van der Waals surface area contributed by atoms with Gasteiger partial charge in [0.1, 0.15) is 0 Å². The monoisotopic (exact) mass is 289 g/mol. The molecule has 0 fully saturated rings. The molecule has 2 aromatic carbocycles. The summed E-state index contributed by atoms with van der Waals surface area (Å²) >= 11 is 0. The van der Waals surface area contributed by atoms with E-state index in [2.05, 4.69) is 4.36 Å². The highest BCUT2D eigenvalue weighted by Crippen LogP contribution is 2.26. The normalized spacial score (nSPS) is 11.1. The Bertz CT molecular complexity index is 749. The molecule has 0 aliphatic heterocycles. The van der Waals surface area contributed by atoms with Gasteiger partial charge in [-0.3, -0.25) is 0 Å². The minimum atomic E-state index is -2.20. The predicted octanol–water partition coefficient (Wildman–Crippen LogP) is 3.41. The van der Waals surface area contributed by atoms with Gasteiger partial charge >= 0.3 is 5.97 Å². The van der Waals surface area contributed by atoms with E-state index in [1.807, 2.05) is 0 Å². The first-order chi connectivity index (χ1) is 9.37. The van der Waals surface area contributed by atoms with Crippen molar-refractivity contribution in [3.63, 3.8) is 0 Å². The maximum Gasteiger partial charge on any atom is 0.336 e. The fourth-order valence-electron chi connectivity index (χ4n) is 1.88. The van der Waals surface area contributed by atoms with Gasteiger partial charge < -0.3 is 5.11 Å². The number of hydrogen-bond donors (Lipinski definition) is 1. The molecular formula is C15H15NO3S. The average molecular weight is 289 g/mol. The lowest BCUT2D eigenvalue weighted by Crippen LogP contribution is -1.98. The third kappa shape index (κ3) is 3.45. The van der Waals surface area contributed by atoms with Gasteiger partial charge in [-0.05, 0) is 29.3 Å². The molecule has 5 heteroatoms. The molecule has 0 aliphatic rings. The van der Waals surface area contributed by atoms with Crippen molar-refractivity contribution in [2.24, 2.45) is 4.36 Å². The molecule has 0 aliphatic carbocycles. The summed E-state index contributed by atoms with van der Waals surface area (Å²) in [6.07, 6.45) is 3.14. The molecule has 4 nitrogen and oxygen atoms in total. The van der Waals surface area contributed by atoms with Crippen molar-refractivity contribution in [2.75, 3.05) is 12.5 Å². The summed E-state index contributed by atoms with van der Waals surface area (Å²) in [5.74, 6) is -0.959. The lowest BCUT2D eigenvalue weighted by molar-refractivity contribution is 0.0697. The van der Waals surface area contributed by atoms with Crippen molar-refractivity contribution < 1.29 is 14.1 Å². The zero-order valence-corrected chi connectivity index (χ0v) is 12.1. The largest absolute Gasteiger partial charge is 0.478 e. The minimum Gasteiger partial charge on any atom is -0.478 e. The van der Waals surface area contributed by atoms with E-state index in [-0.39, 0.29) is 5.56 Å². The zero-order valence-electron chi connectivity index (χ0n) is 11.2. The predicted molar refractivity (Wildman–Crippen MR) is 80.9 cm³/mol. The van der Waals surface area contributed by atoms with Gasteiger partial charge in [0.25, 0.3) is 0 Å². The SMILES string of the molecule is CS(C)(=O)=Nc1ccc(-c2ccccc2C(=O)O)cc1. The first kappa shape index (κ1) is 14.3. The van der Waals surface area contributed by atoms with Crippen molar-refractivity contribution in [2.45, 2.75) is 0 Å². The van der Waals surface area contributed by atoms with Gasteiger partial charge in [0, 0.05) is 22.2 Å². The Kier molecular flexibility index (Phi) is 3.90. The summed E-state index contributed by atoms with van der Waals surface area (Å²) in [4.78, 5) is 11.2. The molecular weight excluding hydrogens is 274 g/mol. The molecule has 0 spiro atoms. The molecule has 0 amide bonds. The van der Waals surface area contributed by atoms with Crippen LogP contribution in [0.3, 0.4) is 0 Å². The van der Waals surface area contributed by atoms with Crippen LogP contribution in [0, 0.1) is 0 Å². The fraction of sp³-hybridized carbons (Fsp3) is 0.133. The maximum absolute atomic E-state index is 11.6. The Balaban J connectivity index is 2.46. The highest BCUT2D eigenvalue weighted by molar-refractivity contribution is 7.92. The van der Waals surface area contributed by atoms with Crippen LogP contribution in [-0.4, -0.2) is 27.8 Å². The molecule has 20 heavy (non-hydrogen) atoms. The van der Waals surface area contributed by atoms with Crippen LogP contribution in [0.2, 0.25) is 0 Å². The smallest absolute Gasteiger partial charge is 0.336 e. The highest BCUT2D eigenvalue weighted by atomic mass is 32.2. The second kappa shape index (κ2) is 5.46. The van der Waals surface area contributed by atoms with Crippen molar-refractivity contribution >= 4 is 21.4 Å². The first-order valence-electron chi connectivity index (χ1n) is 5.97. The molecule has 1 N–H and O–H groups in total. The molecule has 2 aromatic rings. The number of benzene rings is 2. The van der Waals surface area contributed by atoms with Gasteiger partial charge in [0.05, 0.1) is 11.3 Å². The second-order valence-corrected chi connectivity index (χ2v) is 7.22. The molecule has 0 atom stereocenters. The Morgan fingerprint density at radius 2 is 1.65 bits per heavy atom. The number of rotatable bonds is 3. The fourth-order valence-corrected chi connectivity index (χ4v) is 2.51. The molecule has 104 valence electrons. The van der Waals surface area contributed by atoms with Crippen molar-refractivity contribution in [1.82, 2.24) is 0 Å². The van der Waals surface area contributed by atoms with Crippen LogP contribution >= 0.6 is 0 Å². The number of aromatic carboxylic acids is 1. The van der Waals surface area contributed by atoms with E-state index in [0.29, 0.717) is 11.3 Å².